The van der Waals surface area contributed by atoms with Crippen LogP contribution in [0.5, 0.6) is 17.2 Å². The Morgan fingerprint density at radius 3 is 2.36 bits per heavy atom. The van der Waals surface area contributed by atoms with Gasteiger partial charge in [-0.15, -0.1) is 0 Å². The quantitative estimate of drug-likeness (QED) is 0.492. The van der Waals surface area contributed by atoms with Crippen molar-refractivity contribution in [3.05, 3.63) is 42.5 Å². The predicted molar refractivity (Wildman–Crippen MR) is 94.7 cm³/mol. The number of hydrogen-bond donors (Lipinski definition) is 2. The van der Waals surface area contributed by atoms with E-state index in [-0.39, 0.29) is 6.10 Å². The van der Waals surface area contributed by atoms with E-state index in [0.717, 1.165) is 35.5 Å². The van der Waals surface area contributed by atoms with Gasteiger partial charge >= 0.3 is 6.09 Å². The minimum atomic E-state index is -0.704. The van der Waals surface area contributed by atoms with Crippen molar-refractivity contribution >= 4 is 6.09 Å². The monoisotopic (exact) mass is 342 g/mol. The van der Waals surface area contributed by atoms with Crippen LogP contribution in [-0.4, -0.2) is 19.3 Å². The lowest BCUT2D eigenvalue weighted by Crippen LogP contribution is -2.32. The maximum absolute atomic E-state index is 11.1. The molecule has 132 valence electrons. The summed E-state index contributed by atoms with van der Waals surface area (Å²) in [6.45, 7) is 0. The van der Waals surface area contributed by atoms with Crippen molar-refractivity contribution in [2.24, 2.45) is 5.84 Å². The fraction of sp³-hybridized carbons (Fsp3) is 0.316. The second kappa shape index (κ2) is 7.90. The molecule has 1 fully saturated rings. The fourth-order valence-corrected chi connectivity index (χ4v) is 2.99. The van der Waals surface area contributed by atoms with Crippen molar-refractivity contribution in [2.75, 3.05) is 7.11 Å². The van der Waals surface area contributed by atoms with Gasteiger partial charge in [-0.2, -0.15) is 0 Å². The molecule has 1 aliphatic rings. The molecule has 1 saturated carbocycles. The van der Waals surface area contributed by atoms with Gasteiger partial charge < -0.3 is 14.2 Å². The summed E-state index contributed by atoms with van der Waals surface area (Å²) in [5.74, 6) is 6.91. The summed E-state index contributed by atoms with van der Waals surface area (Å²) in [7, 11) is 1.64. The molecule has 1 aliphatic carbocycles. The van der Waals surface area contributed by atoms with Crippen molar-refractivity contribution in [3.8, 4) is 28.4 Å². The molecule has 6 nitrogen and oxygen atoms in total. The Kier molecular flexibility index (Phi) is 5.40. The van der Waals surface area contributed by atoms with Gasteiger partial charge in [0.1, 0.15) is 5.75 Å². The second-order valence-corrected chi connectivity index (χ2v) is 5.95. The minimum absolute atomic E-state index is 0.259. The highest BCUT2D eigenvalue weighted by Crippen LogP contribution is 2.35. The highest BCUT2D eigenvalue weighted by molar-refractivity contribution is 5.71. The summed E-state index contributed by atoms with van der Waals surface area (Å²) < 4.78 is 16.5. The molecule has 0 heterocycles. The maximum Gasteiger partial charge on any atom is 0.426 e. The Labute approximate surface area is 146 Å². The molecule has 1 amide bonds. The maximum atomic E-state index is 11.1. The van der Waals surface area contributed by atoms with Gasteiger partial charge in [0.25, 0.3) is 0 Å². The molecule has 0 radical (unpaired) electrons. The van der Waals surface area contributed by atoms with Crippen molar-refractivity contribution in [2.45, 2.75) is 31.8 Å². The average Bonchev–Trinajstić information content (AvgIpc) is 3.15. The van der Waals surface area contributed by atoms with Gasteiger partial charge in [-0.1, -0.05) is 18.2 Å². The number of benzene rings is 2. The van der Waals surface area contributed by atoms with Crippen molar-refractivity contribution in [3.63, 3.8) is 0 Å². The van der Waals surface area contributed by atoms with Crippen molar-refractivity contribution in [1.29, 1.82) is 0 Å². The largest absolute Gasteiger partial charge is 0.493 e. The van der Waals surface area contributed by atoms with Gasteiger partial charge in [-0.25, -0.2) is 10.6 Å². The average molecular weight is 342 g/mol. The number of nitrogens with two attached hydrogens (primary N) is 1. The van der Waals surface area contributed by atoms with E-state index in [2.05, 4.69) is 0 Å². The summed E-state index contributed by atoms with van der Waals surface area (Å²) in [6.07, 6.45) is 4.15. The molecule has 0 spiro atoms. The van der Waals surface area contributed by atoms with Gasteiger partial charge in [-0.05, 0) is 61.1 Å². The van der Waals surface area contributed by atoms with E-state index >= 15 is 0 Å². The zero-order valence-corrected chi connectivity index (χ0v) is 14.2. The smallest absolute Gasteiger partial charge is 0.426 e. The van der Waals surface area contributed by atoms with Crippen LogP contribution in [0.2, 0.25) is 0 Å². The van der Waals surface area contributed by atoms with E-state index in [9.17, 15) is 4.79 Å². The molecule has 2 aromatic carbocycles. The Morgan fingerprint density at radius 1 is 1.04 bits per heavy atom. The Balaban J connectivity index is 1.80. The summed E-state index contributed by atoms with van der Waals surface area (Å²) in [6, 6.07) is 13.0. The van der Waals surface area contributed by atoms with Crippen molar-refractivity contribution < 1.29 is 19.0 Å². The summed E-state index contributed by atoms with van der Waals surface area (Å²) in [4.78, 5) is 11.1. The molecule has 25 heavy (non-hydrogen) atoms. The molecule has 0 unspecified atom stereocenters. The van der Waals surface area contributed by atoms with Crippen LogP contribution in [0.1, 0.15) is 25.7 Å². The van der Waals surface area contributed by atoms with Gasteiger partial charge in [0, 0.05) is 0 Å². The number of nitrogens with one attached hydrogen (secondary N) is 1. The number of rotatable bonds is 5. The number of carbonyl (C=O) groups is 1. The molecule has 6 heteroatoms. The molecule has 0 aromatic heterocycles. The Bertz CT molecular complexity index is 725. The standard InChI is InChI=1S/C19H22N2O4/c1-23-17-11-8-14(12-18(17)24-15-4-2-3-5-15)13-6-9-16(10-7-13)25-19(22)21-20/h6-12,15H,2-5,20H2,1H3,(H,21,22). The van der Waals surface area contributed by atoms with E-state index in [4.69, 9.17) is 20.1 Å². The van der Waals surface area contributed by atoms with Crippen LogP contribution in [0.25, 0.3) is 11.1 Å². The van der Waals surface area contributed by atoms with E-state index in [0.29, 0.717) is 5.75 Å². The third kappa shape index (κ3) is 4.22. The van der Waals surface area contributed by atoms with Crippen LogP contribution >= 0.6 is 0 Å². The fourth-order valence-electron chi connectivity index (χ4n) is 2.99. The Morgan fingerprint density at radius 2 is 1.72 bits per heavy atom. The van der Waals surface area contributed by atoms with Gasteiger partial charge in [-0.3, -0.25) is 5.43 Å². The van der Waals surface area contributed by atoms with Gasteiger partial charge in [0.15, 0.2) is 11.5 Å². The Hall–Kier alpha value is -2.73. The highest BCUT2D eigenvalue weighted by atomic mass is 16.6. The molecular formula is C19H22N2O4. The molecule has 3 rings (SSSR count). The van der Waals surface area contributed by atoms with Gasteiger partial charge in [0.2, 0.25) is 0 Å². The topological polar surface area (TPSA) is 82.8 Å². The van der Waals surface area contributed by atoms with Crippen molar-refractivity contribution in [1.82, 2.24) is 5.43 Å². The lowest BCUT2D eigenvalue weighted by molar-refractivity contribution is 0.200. The number of methoxy groups -OCH3 is 1. The van der Waals surface area contributed by atoms with Crippen LogP contribution < -0.4 is 25.5 Å². The summed E-state index contributed by atoms with van der Waals surface area (Å²) in [5.41, 5.74) is 3.91. The van der Waals surface area contributed by atoms with E-state index in [1.165, 1.54) is 12.8 Å². The molecule has 3 N–H and O–H groups in total. The van der Waals surface area contributed by atoms with Crippen LogP contribution in [0.4, 0.5) is 4.79 Å². The zero-order valence-electron chi connectivity index (χ0n) is 14.2. The third-order valence-corrected chi connectivity index (χ3v) is 4.28. The molecule has 0 bridgehead atoms. The first-order chi connectivity index (χ1) is 12.2. The number of carbonyl (C=O) groups excluding carboxylic acids is 1. The van der Waals surface area contributed by atoms with Crippen LogP contribution in [-0.2, 0) is 0 Å². The number of ether oxygens (including phenoxy) is 3. The van der Waals surface area contributed by atoms with Crippen LogP contribution in [0, 0.1) is 0 Å². The molecule has 0 atom stereocenters. The number of hydrazine groups is 1. The molecule has 2 aromatic rings. The number of amides is 1. The molecule has 0 saturated heterocycles. The van der Waals surface area contributed by atoms with Crippen LogP contribution in [0.3, 0.4) is 0 Å². The minimum Gasteiger partial charge on any atom is -0.493 e. The van der Waals surface area contributed by atoms with E-state index in [1.54, 1.807) is 19.2 Å². The molecule has 0 aliphatic heterocycles. The lowest BCUT2D eigenvalue weighted by atomic mass is 10.0. The highest BCUT2D eigenvalue weighted by Gasteiger charge is 2.18. The first kappa shape index (κ1) is 17.1. The third-order valence-electron chi connectivity index (χ3n) is 4.28. The van der Waals surface area contributed by atoms with Gasteiger partial charge in [0.05, 0.1) is 13.2 Å². The first-order valence-corrected chi connectivity index (χ1v) is 8.33. The summed E-state index contributed by atoms with van der Waals surface area (Å²) in [5, 5.41) is 0. The summed E-state index contributed by atoms with van der Waals surface area (Å²) >= 11 is 0. The second-order valence-electron chi connectivity index (χ2n) is 5.95. The normalized spacial score (nSPS) is 14.2. The van der Waals surface area contributed by atoms with Crippen LogP contribution in [0.15, 0.2) is 42.5 Å². The molecular weight excluding hydrogens is 320 g/mol. The SMILES string of the molecule is COc1ccc(-c2ccc(OC(=O)NN)cc2)cc1OC1CCCC1. The predicted octanol–water partition coefficient (Wildman–Crippen LogP) is 3.65. The first-order valence-electron chi connectivity index (χ1n) is 8.33. The lowest BCUT2D eigenvalue weighted by Gasteiger charge is -2.17. The zero-order chi connectivity index (χ0) is 17.6. The van der Waals surface area contributed by atoms with E-state index in [1.807, 2.05) is 35.8 Å². The number of hydrogen-bond acceptors (Lipinski definition) is 5. The van der Waals surface area contributed by atoms with E-state index < -0.39 is 6.09 Å².